The zero-order valence-electron chi connectivity index (χ0n) is 13.6. The fourth-order valence-corrected chi connectivity index (χ4v) is 1.66. The van der Waals surface area contributed by atoms with Crippen molar-refractivity contribution in [2.24, 2.45) is 5.92 Å². The molecule has 0 aliphatic carbocycles. The average Bonchev–Trinajstić information content (AvgIpc) is 2.43. The first-order valence-corrected chi connectivity index (χ1v) is 7.45. The minimum Gasteiger partial charge on any atom is -0.489 e. The lowest BCUT2D eigenvalue weighted by Gasteiger charge is -2.15. The van der Waals surface area contributed by atoms with Gasteiger partial charge < -0.3 is 15.4 Å². The Kier molecular flexibility index (Phi) is 7.22. The summed E-state index contributed by atoms with van der Waals surface area (Å²) >= 11 is 0. The number of carbonyl (C=O) groups excluding carboxylic acids is 2. The van der Waals surface area contributed by atoms with E-state index in [-0.39, 0.29) is 12.6 Å². The highest BCUT2D eigenvalue weighted by molar-refractivity contribution is 5.96. The Bertz CT molecular complexity index is 501. The molecule has 0 saturated heterocycles. The molecule has 22 heavy (non-hydrogen) atoms. The van der Waals surface area contributed by atoms with Crippen LogP contribution in [0.1, 0.15) is 27.7 Å². The quantitative estimate of drug-likeness (QED) is 0.722. The van der Waals surface area contributed by atoms with Gasteiger partial charge in [-0.3, -0.25) is 10.1 Å². The van der Waals surface area contributed by atoms with Crippen molar-refractivity contribution >= 4 is 17.6 Å². The molecule has 3 N–H and O–H groups in total. The minimum atomic E-state index is -0.479. The topological polar surface area (TPSA) is 79.5 Å². The van der Waals surface area contributed by atoms with E-state index in [4.69, 9.17) is 4.74 Å². The molecule has 6 nitrogen and oxygen atoms in total. The van der Waals surface area contributed by atoms with Crippen molar-refractivity contribution in [1.82, 2.24) is 10.6 Å². The summed E-state index contributed by atoms with van der Waals surface area (Å²) in [6.07, 6.45) is 0.0404. The van der Waals surface area contributed by atoms with E-state index in [0.29, 0.717) is 23.9 Å². The lowest BCUT2D eigenvalue weighted by Crippen LogP contribution is -2.43. The van der Waals surface area contributed by atoms with Crippen molar-refractivity contribution in [2.45, 2.75) is 33.8 Å². The first-order chi connectivity index (χ1) is 10.4. The summed E-state index contributed by atoms with van der Waals surface area (Å²) in [7, 11) is 0. The van der Waals surface area contributed by atoms with E-state index < -0.39 is 11.9 Å². The van der Waals surface area contributed by atoms with Crippen LogP contribution in [0, 0.1) is 5.92 Å². The standard InChI is InChI=1S/C16H25N3O3/c1-11(2)9-18-16(21)19-15(20)10-17-13-7-5-6-8-14(13)22-12(3)4/h5-8,11-12,17H,9-10H2,1-4H3,(H2,18,19,20,21). The van der Waals surface area contributed by atoms with Crippen molar-refractivity contribution in [2.75, 3.05) is 18.4 Å². The maximum Gasteiger partial charge on any atom is 0.321 e. The number of nitrogens with one attached hydrogen (secondary N) is 3. The van der Waals surface area contributed by atoms with Gasteiger partial charge >= 0.3 is 6.03 Å². The average molecular weight is 307 g/mol. The Morgan fingerprint density at radius 3 is 2.45 bits per heavy atom. The Balaban J connectivity index is 2.45. The zero-order valence-corrected chi connectivity index (χ0v) is 13.6. The molecule has 0 fully saturated rings. The molecule has 0 atom stereocenters. The molecule has 6 heteroatoms. The van der Waals surface area contributed by atoms with Gasteiger partial charge in [-0.1, -0.05) is 26.0 Å². The predicted molar refractivity (Wildman–Crippen MR) is 87.1 cm³/mol. The lowest BCUT2D eigenvalue weighted by atomic mass is 10.2. The second-order valence-corrected chi connectivity index (χ2v) is 5.67. The number of urea groups is 1. The number of carbonyl (C=O) groups is 2. The van der Waals surface area contributed by atoms with E-state index in [1.54, 1.807) is 0 Å². The molecule has 122 valence electrons. The van der Waals surface area contributed by atoms with Crippen LogP contribution in [0.3, 0.4) is 0 Å². The van der Waals surface area contributed by atoms with Crippen molar-refractivity contribution in [3.05, 3.63) is 24.3 Å². The number of amides is 3. The Morgan fingerprint density at radius 1 is 1.14 bits per heavy atom. The van der Waals surface area contributed by atoms with Crippen LogP contribution in [0.15, 0.2) is 24.3 Å². The fraction of sp³-hybridized carbons (Fsp3) is 0.500. The molecule has 0 aliphatic rings. The summed E-state index contributed by atoms with van der Waals surface area (Å²) < 4.78 is 5.65. The second kappa shape index (κ2) is 8.92. The van der Waals surface area contributed by atoms with Gasteiger partial charge in [0.15, 0.2) is 0 Å². The van der Waals surface area contributed by atoms with Gasteiger partial charge in [0.2, 0.25) is 5.91 Å². The molecule has 0 radical (unpaired) electrons. The number of anilines is 1. The third-order valence-electron chi connectivity index (χ3n) is 2.61. The SMILES string of the molecule is CC(C)CNC(=O)NC(=O)CNc1ccccc1OC(C)C. The maximum atomic E-state index is 11.7. The van der Waals surface area contributed by atoms with Gasteiger partial charge in [-0.15, -0.1) is 0 Å². The molecule has 3 amide bonds. The van der Waals surface area contributed by atoms with Gasteiger partial charge in [0, 0.05) is 6.54 Å². The molecule has 0 unspecified atom stereocenters. The van der Waals surface area contributed by atoms with Crippen molar-refractivity contribution < 1.29 is 14.3 Å². The van der Waals surface area contributed by atoms with Gasteiger partial charge in [0.1, 0.15) is 5.75 Å². The van der Waals surface area contributed by atoms with Gasteiger partial charge in [0.25, 0.3) is 0 Å². The van der Waals surface area contributed by atoms with Crippen molar-refractivity contribution in [3.63, 3.8) is 0 Å². The van der Waals surface area contributed by atoms with Gasteiger partial charge in [0.05, 0.1) is 18.3 Å². The number of benzene rings is 1. The monoisotopic (exact) mass is 307 g/mol. The van der Waals surface area contributed by atoms with Gasteiger partial charge in [-0.25, -0.2) is 4.79 Å². The highest BCUT2D eigenvalue weighted by atomic mass is 16.5. The first-order valence-electron chi connectivity index (χ1n) is 7.45. The summed E-state index contributed by atoms with van der Waals surface area (Å²) in [6, 6.07) is 6.89. The number of ether oxygens (including phenoxy) is 1. The largest absolute Gasteiger partial charge is 0.489 e. The van der Waals surface area contributed by atoms with Crippen LogP contribution in [-0.2, 0) is 4.79 Å². The smallest absolute Gasteiger partial charge is 0.321 e. The molecule has 0 bridgehead atoms. The number of imide groups is 1. The summed E-state index contributed by atoms with van der Waals surface area (Å²) in [4.78, 5) is 23.2. The van der Waals surface area contributed by atoms with E-state index in [1.807, 2.05) is 52.0 Å². The third-order valence-corrected chi connectivity index (χ3v) is 2.61. The summed E-state index contributed by atoms with van der Waals surface area (Å²) in [5, 5.41) is 7.87. The molecule has 1 aromatic rings. The van der Waals surface area contributed by atoms with E-state index in [2.05, 4.69) is 16.0 Å². The summed E-state index contributed by atoms with van der Waals surface area (Å²) in [6.45, 7) is 8.35. The summed E-state index contributed by atoms with van der Waals surface area (Å²) in [5.41, 5.74) is 0.717. The van der Waals surface area contributed by atoms with E-state index >= 15 is 0 Å². The molecule has 0 aliphatic heterocycles. The van der Waals surface area contributed by atoms with Crippen LogP contribution in [0.5, 0.6) is 5.75 Å². The van der Waals surface area contributed by atoms with Crippen molar-refractivity contribution in [3.8, 4) is 5.75 Å². The van der Waals surface area contributed by atoms with E-state index in [1.165, 1.54) is 0 Å². The van der Waals surface area contributed by atoms with Crippen molar-refractivity contribution in [1.29, 1.82) is 0 Å². The Hall–Kier alpha value is -2.24. The van der Waals surface area contributed by atoms with Crippen LogP contribution in [0.2, 0.25) is 0 Å². The van der Waals surface area contributed by atoms with Crippen LogP contribution in [0.4, 0.5) is 10.5 Å². The summed E-state index contributed by atoms with van der Waals surface area (Å²) in [5.74, 6) is 0.606. The first kappa shape index (κ1) is 17.8. The molecule has 1 rings (SSSR count). The van der Waals surface area contributed by atoms with Crippen LogP contribution in [0.25, 0.3) is 0 Å². The number of hydrogen-bond acceptors (Lipinski definition) is 4. The Morgan fingerprint density at radius 2 is 1.82 bits per heavy atom. The predicted octanol–water partition coefficient (Wildman–Crippen LogP) is 2.37. The molecular formula is C16H25N3O3. The molecule has 0 saturated carbocycles. The normalized spacial score (nSPS) is 10.5. The fourth-order valence-electron chi connectivity index (χ4n) is 1.66. The third kappa shape index (κ3) is 6.97. The van der Waals surface area contributed by atoms with Crippen LogP contribution >= 0.6 is 0 Å². The second-order valence-electron chi connectivity index (χ2n) is 5.67. The molecule has 0 aromatic heterocycles. The zero-order chi connectivity index (χ0) is 16.5. The number of hydrogen-bond donors (Lipinski definition) is 3. The van der Waals surface area contributed by atoms with Crippen LogP contribution in [-0.4, -0.2) is 31.1 Å². The minimum absolute atomic E-state index is 0.00638. The number of para-hydroxylation sites is 2. The molecule has 0 spiro atoms. The highest BCUT2D eigenvalue weighted by Gasteiger charge is 2.09. The molecular weight excluding hydrogens is 282 g/mol. The Labute approximate surface area is 131 Å². The van der Waals surface area contributed by atoms with Crippen LogP contribution < -0.4 is 20.7 Å². The maximum absolute atomic E-state index is 11.7. The van der Waals surface area contributed by atoms with E-state index in [0.717, 1.165) is 0 Å². The van der Waals surface area contributed by atoms with E-state index in [9.17, 15) is 9.59 Å². The molecule has 0 heterocycles. The highest BCUT2D eigenvalue weighted by Crippen LogP contribution is 2.24. The van der Waals surface area contributed by atoms with Gasteiger partial charge in [-0.2, -0.15) is 0 Å². The number of rotatable bonds is 7. The van der Waals surface area contributed by atoms with Gasteiger partial charge in [-0.05, 0) is 31.9 Å². The molecule has 1 aromatic carbocycles. The lowest BCUT2D eigenvalue weighted by molar-refractivity contribution is -0.118.